The van der Waals surface area contributed by atoms with Crippen LogP contribution in [0.15, 0.2) is 29.2 Å². The van der Waals surface area contributed by atoms with Crippen LogP contribution in [0, 0.1) is 10.1 Å². The maximum absolute atomic E-state index is 12.1. The molecule has 0 saturated carbocycles. The number of nitro benzene ring substituents is 1. The number of sulfonamides is 1. The van der Waals surface area contributed by atoms with Crippen LogP contribution in [0.2, 0.25) is 0 Å². The van der Waals surface area contributed by atoms with E-state index in [4.69, 9.17) is 15.3 Å². The maximum Gasteiger partial charge on any atom is 0.289 e. The van der Waals surface area contributed by atoms with Gasteiger partial charge in [0.15, 0.2) is 4.90 Å². The van der Waals surface area contributed by atoms with E-state index in [0.29, 0.717) is 0 Å². The van der Waals surface area contributed by atoms with Gasteiger partial charge in [0.25, 0.3) is 5.69 Å². The van der Waals surface area contributed by atoms with E-state index in [1.807, 2.05) is 4.72 Å². The van der Waals surface area contributed by atoms with Crippen LogP contribution in [0.4, 0.5) is 5.69 Å². The lowest BCUT2D eigenvalue weighted by Gasteiger charge is -2.28. The van der Waals surface area contributed by atoms with Crippen LogP contribution in [0.5, 0.6) is 0 Å². The van der Waals surface area contributed by atoms with Crippen molar-refractivity contribution in [3.05, 3.63) is 34.4 Å². The third kappa shape index (κ3) is 3.29. The highest BCUT2D eigenvalue weighted by molar-refractivity contribution is 7.89. The molecule has 1 aromatic rings. The van der Waals surface area contributed by atoms with E-state index in [9.17, 15) is 18.5 Å². The molecule has 1 aromatic carbocycles. The fourth-order valence-corrected chi connectivity index (χ4v) is 2.97. The number of aliphatic hydroxyl groups excluding tert-OH is 3. The highest BCUT2D eigenvalue weighted by atomic mass is 32.2. The molecule has 9 nitrogen and oxygen atoms in total. The van der Waals surface area contributed by atoms with Crippen molar-refractivity contribution in [2.24, 2.45) is 0 Å². The van der Waals surface area contributed by atoms with Crippen molar-refractivity contribution in [2.45, 2.75) is 10.4 Å². The summed E-state index contributed by atoms with van der Waals surface area (Å²) in [5, 5.41) is 38.1. The fourth-order valence-electron chi connectivity index (χ4n) is 1.42. The molecule has 0 atom stereocenters. The Morgan fingerprint density at radius 3 is 2.10 bits per heavy atom. The predicted molar refractivity (Wildman–Crippen MR) is 67.4 cm³/mol. The molecule has 0 radical (unpaired) electrons. The minimum Gasteiger partial charge on any atom is -0.394 e. The number of para-hydroxylation sites is 1. The molecule has 0 aliphatic carbocycles. The smallest absolute Gasteiger partial charge is 0.289 e. The van der Waals surface area contributed by atoms with Gasteiger partial charge in [-0.2, -0.15) is 4.72 Å². The summed E-state index contributed by atoms with van der Waals surface area (Å²) < 4.78 is 26.1. The summed E-state index contributed by atoms with van der Waals surface area (Å²) in [5.74, 6) is 0. The van der Waals surface area contributed by atoms with Gasteiger partial charge in [0, 0.05) is 6.07 Å². The van der Waals surface area contributed by atoms with E-state index in [2.05, 4.69) is 0 Å². The Morgan fingerprint density at radius 1 is 1.15 bits per heavy atom. The van der Waals surface area contributed by atoms with E-state index in [1.54, 1.807) is 0 Å². The number of nitro groups is 1. The average molecular weight is 306 g/mol. The standard InChI is InChI=1S/C10H14N2O7S/c13-5-10(6-14,7-15)11-20(18,19)9-4-2-1-3-8(9)12(16)17/h1-4,11,13-15H,5-7H2. The Hall–Kier alpha value is -1.59. The number of benzene rings is 1. The van der Waals surface area contributed by atoms with Gasteiger partial charge in [0.1, 0.15) is 5.54 Å². The molecule has 0 aromatic heterocycles. The lowest BCUT2D eigenvalue weighted by atomic mass is 10.1. The van der Waals surface area contributed by atoms with E-state index < -0.39 is 50.9 Å². The summed E-state index contributed by atoms with van der Waals surface area (Å²) in [5.41, 5.74) is -2.55. The first-order valence-corrected chi connectivity index (χ1v) is 6.90. The molecular weight excluding hydrogens is 292 g/mol. The molecule has 0 unspecified atom stereocenters. The molecule has 0 heterocycles. The van der Waals surface area contributed by atoms with Crippen molar-refractivity contribution < 1.29 is 28.7 Å². The minimum atomic E-state index is -4.40. The van der Waals surface area contributed by atoms with E-state index in [-0.39, 0.29) is 0 Å². The Bertz CT molecular complexity index is 575. The van der Waals surface area contributed by atoms with Crippen LogP contribution in [0.1, 0.15) is 0 Å². The first kappa shape index (κ1) is 16.5. The third-order valence-electron chi connectivity index (χ3n) is 2.61. The zero-order valence-electron chi connectivity index (χ0n) is 10.3. The lowest BCUT2D eigenvalue weighted by Crippen LogP contribution is -2.56. The van der Waals surface area contributed by atoms with Crippen molar-refractivity contribution in [1.82, 2.24) is 4.72 Å². The maximum atomic E-state index is 12.1. The van der Waals surface area contributed by atoms with Crippen LogP contribution in [-0.2, 0) is 10.0 Å². The monoisotopic (exact) mass is 306 g/mol. The van der Waals surface area contributed by atoms with E-state index in [1.165, 1.54) is 12.1 Å². The second kappa shape index (κ2) is 6.24. The largest absolute Gasteiger partial charge is 0.394 e. The van der Waals surface area contributed by atoms with Gasteiger partial charge in [0.05, 0.1) is 24.7 Å². The third-order valence-corrected chi connectivity index (χ3v) is 4.24. The van der Waals surface area contributed by atoms with Crippen molar-refractivity contribution in [2.75, 3.05) is 19.8 Å². The number of nitrogens with zero attached hydrogens (tertiary/aromatic N) is 1. The van der Waals surface area contributed by atoms with E-state index >= 15 is 0 Å². The summed E-state index contributed by atoms with van der Waals surface area (Å²) >= 11 is 0. The van der Waals surface area contributed by atoms with Crippen molar-refractivity contribution in [3.63, 3.8) is 0 Å². The normalized spacial score (nSPS) is 12.3. The topological polar surface area (TPSA) is 150 Å². The predicted octanol–water partition coefficient (Wildman–Crippen LogP) is -1.41. The van der Waals surface area contributed by atoms with Gasteiger partial charge in [0.2, 0.25) is 10.0 Å². The summed E-state index contributed by atoms with van der Waals surface area (Å²) in [7, 11) is -4.40. The van der Waals surface area contributed by atoms with Gasteiger partial charge >= 0.3 is 0 Å². The molecule has 20 heavy (non-hydrogen) atoms. The lowest BCUT2D eigenvalue weighted by molar-refractivity contribution is -0.387. The first-order valence-electron chi connectivity index (χ1n) is 5.42. The molecule has 0 bridgehead atoms. The molecule has 0 fully saturated rings. The Kier molecular flexibility index (Phi) is 5.14. The molecule has 112 valence electrons. The quantitative estimate of drug-likeness (QED) is 0.357. The number of hydrogen-bond donors (Lipinski definition) is 4. The molecule has 4 N–H and O–H groups in total. The number of rotatable bonds is 7. The summed E-state index contributed by atoms with van der Waals surface area (Å²) in [4.78, 5) is 9.32. The van der Waals surface area contributed by atoms with Gasteiger partial charge in [-0.1, -0.05) is 12.1 Å². The highest BCUT2D eigenvalue weighted by Gasteiger charge is 2.36. The van der Waals surface area contributed by atoms with Crippen LogP contribution in [0.25, 0.3) is 0 Å². The zero-order valence-corrected chi connectivity index (χ0v) is 11.1. The average Bonchev–Trinajstić information content (AvgIpc) is 2.45. The number of hydrogen-bond acceptors (Lipinski definition) is 7. The van der Waals surface area contributed by atoms with Crippen LogP contribution in [-0.4, -0.2) is 54.0 Å². The molecular formula is C10H14N2O7S. The SMILES string of the molecule is O=[N+]([O-])c1ccccc1S(=O)(=O)NC(CO)(CO)CO. The van der Waals surface area contributed by atoms with Crippen LogP contribution < -0.4 is 4.72 Å². The molecule has 0 amide bonds. The fraction of sp³-hybridized carbons (Fsp3) is 0.400. The molecule has 0 spiro atoms. The Labute approximate surface area is 114 Å². The summed E-state index contributed by atoms with van der Waals surface area (Å²) in [6.45, 7) is -2.63. The number of nitrogens with one attached hydrogen (secondary N) is 1. The van der Waals surface area contributed by atoms with E-state index in [0.717, 1.165) is 12.1 Å². The molecule has 10 heteroatoms. The first-order chi connectivity index (χ1) is 9.32. The van der Waals surface area contributed by atoms with Gasteiger partial charge in [-0.3, -0.25) is 10.1 Å². The summed E-state index contributed by atoms with van der Waals surface area (Å²) in [6, 6.07) is 4.61. The van der Waals surface area contributed by atoms with Crippen molar-refractivity contribution in [1.29, 1.82) is 0 Å². The minimum absolute atomic E-state index is 0.621. The van der Waals surface area contributed by atoms with Crippen molar-refractivity contribution >= 4 is 15.7 Å². The van der Waals surface area contributed by atoms with Crippen LogP contribution >= 0.6 is 0 Å². The number of aliphatic hydroxyl groups is 3. The van der Waals surface area contributed by atoms with Gasteiger partial charge < -0.3 is 15.3 Å². The summed E-state index contributed by atoms with van der Waals surface area (Å²) in [6.07, 6.45) is 0. The Morgan fingerprint density at radius 2 is 1.65 bits per heavy atom. The van der Waals surface area contributed by atoms with Gasteiger partial charge in [-0.05, 0) is 6.07 Å². The second-order valence-corrected chi connectivity index (χ2v) is 5.74. The van der Waals surface area contributed by atoms with Crippen molar-refractivity contribution in [3.8, 4) is 0 Å². The molecule has 0 saturated heterocycles. The highest BCUT2D eigenvalue weighted by Crippen LogP contribution is 2.24. The molecule has 1 rings (SSSR count). The van der Waals surface area contributed by atoms with Crippen LogP contribution in [0.3, 0.4) is 0 Å². The van der Waals surface area contributed by atoms with Gasteiger partial charge in [-0.15, -0.1) is 0 Å². The zero-order chi connectivity index (χ0) is 15.4. The Balaban J connectivity index is 3.28. The van der Waals surface area contributed by atoms with Gasteiger partial charge in [-0.25, -0.2) is 8.42 Å². The molecule has 0 aliphatic rings. The second-order valence-electron chi connectivity index (χ2n) is 4.09. The molecule has 0 aliphatic heterocycles.